The first-order valence-corrected chi connectivity index (χ1v) is 10.2. The molecule has 1 nitrogen and oxygen atoms in total. The monoisotopic (exact) mass is 303 g/mol. The lowest BCUT2D eigenvalue weighted by Crippen LogP contribution is -2.18. The number of nitrogens with zero attached hydrogens (tertiary/aromatic N) is 1. The molecule has 2 saturated carbocycles. The van der Waals surface area contributed by atoms with Crippen LogP contribution < -0.4 is 0 Å². The second-order valence-electron chi connectivity index (χ2n) is 8.21. The molecule has 0 spiro atoms. The van der Waals surface area contributed by atoms with Gasteiger partial charge in [-0.1, -0.05) is 84.0 Å². The summed E-state index contributed by atoms with van der Waals surface area (Å²) >= 11 is 0. The van der Waals surface area contributed by atoms with Gasteiger partial charge in [0.15, 0.2) is 0 Å². The van der Waals surface area contributed by atoms with Crippen LogP contribution in [0.3, 0.4) is 0 Å². The smallest absolute Gasteiger partial charge is 0.0624 e. The Bertz CT molecular complexity index is 313. The molecule has 0 heterocycles. The van der Waals surface area contributed by atoms with Crippen LogP contribution in [0.4, 0.5) is 0 Å². The van der Waals surface area contributed by atoms with Crippen molar-refractivity contribution < 1.29 is 0 Å². The average molecular weight is 304 g/mol. The summed E-state index contributed by atoms with van der Waals surface area (Å²) in [6, 6.07) is 2.36. The van der Waals surface area contributed by atoms with Gasteiger partial charge in [0.2, 0.25) is 0 Å². The normalized spacial score (nSPS) is 32.5. The van der Waals surface area contributed by atoms with E-state index < -0.39 is 0 Å². The molecule has 0 aromatic heterocycles. The molecule has 0 amide bonds. The summed E-state index contributed by atoms with van der Waals surface area (Å²) < 4.78 is 0. The maximum Gasteiger partial charge on any atom is 0.0624 e. The fourth-order valence-electron chi connectivity index (χ4n) is 4.82. The van der Waals surface area contributed by atoms with Crippen LogP contribution in [0.15, 0.2) is 0 Å². The van der Waals surface area contributed by atoms with Crippen molar-refractivity contribution in [1.82, 2.24) is 0 Å². The third kappa shape index (κ3) is 6.31. The summed E-state index contributed by atoms with van der Waals surface area (Å²) in [5.41, 5.74) is 0. The minimum Gasteiger partial charge on any atom is -0.198 e. The molecule has 1 heteroatoms. The summed E-state index contributed by atoms with van der Waals surface area (Å²) in [5, 5.41) is 8.80. The third-order valence-electron chi connectivity index (χ3n) is 6.51. The van der Waals surface area contributed by atoms with Gasteiger partial charge < -0.3 is 0 Å². The largest absolute Gasteiger partial charge is 0.198 e. The molecule has 0 atom stereocenters. The standard InChI is InChI=1S/C21H37N/c1-2-3-4-5-18-6-8-19(9-7-18)10-11-20-12-14-21(15-13-20)16-17-22/h18-21H,2-16H2,1H3. The molecule has 126 valence electrons. The number of hydrogen-bond donors (Lipinski definition) is 0. The second kappa shape index (κ2) is 10.3. The van der Waals surface area contributed by atoms with Crippen LogP contribution >= 0.6 is 0 Å². The van der Waals surface area contributed by atoms with Crippen molar-refractivity contribution >= 4 is 0 Å². The highest BCUT2D eigenvalue weighted by molar-refractivity contribution is 4.81. The molecule has 0 aromatic carbocycles. The molecule has 22 heavy (non-hydrogen) atoms. The van der Waals surface area contributed by atoms with Gasteiger partial charge in [-0.05, 0) is 36.5 Å². The number of unbranched alkanes of at least 4 members (excludes halogenated alkanes) is 2. The molecule has 0 N–H and O–H groups in total. The van der Waals surface area contributed by atoms with Gasteiger partial charge in [0.25, 0.3) is 0 Å². The van der Waals surface area contributed by atoms with Crippen LogP contribution in [0.5, 0.6) is 0 Å². The number of hydrogen-bond acceptors (Lipinski definition) is 1. The van der Waals surface area contributed by atoms with Crippen LogP contribution in [-0.2, 0) is 0 Å². The SMILES string of the molecule is CCCCCC1CCC(CCC2CCC(CC#N)CC2)CC1. The Hall–Kier alpha value is -0.510. The van der Waals surface area contributed by atoms with E-state index in [0.717, 1.165) is 30.1 Å². The van der Waals surface area contributed by atoms with Crippen molar-refractivity contribution in [2.24, 2.45) is 23.7 Å². The highest BCUT2D eigenvalue weighted by Gasteiger charge is 2.24. The van der Waals surface area contributed by atoms with E-state index in [0.29, 0.717) is 0 Å². The molecule has 2 aliphatic rings. The van der Waals surface area contributed by atoms with Crippen molar-refractivity contribution in [3.05, 3.63) is 0 Å². The van der Waals surface area contributed by atoms with Gasteiger partial charge in [-0.15, -0.1) is 0 Å². The first kappa shape index (κ1) is 17.8. The van der Waals surface area contributed by atoms with Gasteiger partial charge in [-0.3, -0.25) is 0 Å². The van der Waals surface area contributed by atoms with E-state index in [9.17, 15) is 0 Å². The molecule has 2 rings (SSSR count). The molecule has 0 unspecified atom stereocenters. The van der Waals surface area contributed by atoms with E-state index in [2.05, 4.69) is 13.0 Å². The molecule has 2 aliphatic carbocycles. The van der Waals surface area contributed by atoms with Crippen molar-refractivity contribution in [2.45, 2.75) is 103 Å². The summed E-state index contributed by atoms with van der Waals surface area (Å²) in [4.78, 5) is 0. The van der Waals surface area contributed by atoms with Crippen LogP contribution in [0, 0.1) is 35.0 Å². The molecule has 0 radical (unpaired) electrons. The van der Waals surface area contributed by atoms with E-state index in [-0.39, 0.29) is 0 Å². The maximum atomic E-state index is 8.80. The van der Waals surface area contributed by atoms with Gasteiger partial charge in [0.05, 0.1) is 6.07 Å². The molecule has 0 aliphatic heterocycles. The predicted molar refractivity (Wildman–Crippen MR) is 94.5 cm³/mol. The maximum absolute atomic E-state index is 8.80. The fraction of sp³-hybridized carbons (Fsp3) is 0.952. The van der Waals surface area contributed by atoms with Crippen LogP contribution in [-0.4, -0.2) is 0 Å². The minimum atomic E-state index is 0.722. The molecule has 0 aromatic rings. The van der Waals surface area contributed by atoms with Crippen LogP contribution in [0.1, 0.15) is 103 Å². The Balaban J connectivity index is 1.53. The predicted octanol–water partition coefficient (Wildman–Crippen LogP) is 6.87. The van der Waals surface area contributed by atoms with Crippen LogP contribution in [0.2, 0.25) is 0 Å². The second-order valence-corrected chi connectivity index (χ2v) is 8.21. The minimum absolute atomic E-state index is 0.722. The van der Waals surface area contributed by atoms with Gasteiger partial charge in [0.1, 0.15) is 0 Å². The Morgan fingerprint density at radius 2 is 1.14 bits per heavy atom. The van der Waals surface area contributed by atoms with Gasteiger partial charge >= 0.3 is 0 Å². The van der Waals surface area contributed by atoms with E-state index in [1.807, 2.05) is 0 Å². The van der Waals surface area contributed by atoms with Crippen LogP contribution in [0.25, 0.3) is 0 Å². The highest BCUT2D eigenvalue weighted by atomic mass is 14.3. The highest BCUT2D eigenvalue weighted by Crippen LogP contribution is 2.38. The van der Waals surface area contributed by atoms with E-state index in [4.69, 9.17) is 5.26 Å². The number of rotatable bonds is 8. The zero-order chi connectivity index (χ0) is 15.6. The quantitative estimate of drug-likeness (QED) is 0.449. The van der Waals surface area contributed by atoms with E-state index in [1.54, 1.807) is 0 Å². The lowest BCUT2D eigenvalue weighted by molar-refractivity contribution is 0.212. The topological polar surface area (TPSA) is 23.8 Å². The summed E-state index contributed by atoms with van der Waals surface area (Å²) in [6.07, 6.45) is 21.1. The average Bonchev–Trinajstić information content (AvgIpc) is 2.56. The molecule has 0 saturated heterocycles. The Labute approximate surface area is 138 Å². The zero-order valence-corrected chi connectivity index (χ0v) is 14.9. The molecule has 0 bridgehead atoms. The van der Waals surface area contributed by atoms with Crippen molar-refractivity contribution in [1.29, 1.82) is 5.26 Å². The van der Waals surface area contributed by atoms with E-state index >= 15 is 0 Å². The number of nitriles is 1. The Morgan fingerprint density at radius 1 is 0.682 bits per heavy atom. The van der Waals surface area contributed by atoms with Crippen molar-refractivity contribution in [3.63, 3.8) is 0 Å². The first-order valence-electron chi connectivity index (χ1n) is 10.2. The lowest BCUT2D eigenvalue weighted by atomic mass is 9.74. The zero-order valence-electron chi connectivity index (χ0n) is 14.9. The summed E-state index contributed by atoms with van der Waals surface area (Å²) in [5.74, 6) is 3.81. The molecular formula is C21H37N. The van der Waals surface area contributed by atoms with Gasteiger partial charge in [-0.25, -0.2) is 0 Å². The lowest BCUT2D eigenvalue weighted by Gasteiger charge is -2.31. The Kier molecular flexibility index (Phi) is 8.35. The van der Waals surface area contributed by atoms with Crippen molar-refractivity contribution in [2.75, 3.05) is 0 Å². The molecular weight excluding hydrogens is 266 g/mol. The molecule has 2 fully saturated rings. The van der Waals surface area contributed by atoms with Crippen molar-refractivity contribution in [3.8, 4) is 6.07 Å². The van der Waals surface area contributed by atoms with Gasteiger partial charge in [-0.2, -0.15) is 5.26 Å². The summed E-state index contributed by atoms with van der Waals surface area (Å²) in [6.45, 7) is 2.31. The van der Waals surface area contributed by atoms with Gasteiger partial charge in [0, 0.05) is 6.42 Å². The van der Waals surface area contributed by atoms with E-state index in [1.165, 1.54) is 89.9 Å². The fourth-order valence-corrected chi connectivity index (χ4v) is 4.82. The third-order valence-corrected chi connectivity index (χ3v) is 6.51. The Morgan fingerprint density at radius 3 is 1.59 bits per heavy atom. The first-order chi connectivity index (χ1) is 10.8. The summed E-state index contributed by atoms with van der Waals surface area (Å²) in [7, 11) is 0.